The van der Waals surface area contributed by atoms with Gasteiger partial charge in [-0.1, -0.05) is 30.3 Å². The Morgan fingerprint density at radius 1 is 1.43 bits per heavy atom. The van der Waals surface area contributed by atoms with Gasteiger partial charge in [0, 0.05) is 13.0 Å². The van der Waals surface area contributed by atoms with Crippen LogP contribution in [0.15, 0.2) is 30.3 Å². The summed E-state index contributed by atoms with van der Waals surface area (Å²) >= 11 is 0. The van der Waals surface area contributed by atoms with Crippen LogP contribution in [-0.2, 0) is 24.3 Å². The van der Waals surface area contributed by atoms with E-state index in [2.05, 4.69) is 16.4 Å². The zero-order valence-electron chi connectivity index (χ0n) is 11.4. The second kappa shape index (κ2) is 5.67. The van der Waals surface area contributed by atoms with Gasteiger partial charge in [0.1, 0.15) is 18.5 Å². The molecule has 2 heterocycles. The molecule has 3 rings (SSSR count). The van der Waals surface area contributed by atoms with Crippen LogP contribution in [0.5, 0.6) is 0 Å². The van der Waals surface area contributed by atoms with Gasteiger partial charge in [-0.2, -0.15) is 5.26 Å². The van der Waals surface area contributed by atoms with Crippen molar-refractivity contribution < 1.29 is 9.53 Å². The largest absolute Gasteiger partial charge is 0.444 e. The first-order chi connectivity index (χ1) is 10.3. The quantitative estimate of drug-likeness (QED) is 0.937. The summed E-state index contributed by atoms with van der Waals surface area (Å²) in [5.41, 5.74) is 1.29. The van der Waals surface area contributed by atoms with E-state index >= 15 is 0 Å². The average Bonchev–Trinajstić information content (AvgIpc) is 3.06. The van der Waals surface area contributed by atoms with Crippen molar-refractivity contribution in [2.24, 2.45) is 0 Å². The zero-order chi connectivity index (χ0) is 14.7. The van der Waals surface area contributed by atoms with Crippen molar-refractivity contribution in [3.63, 3.8) is 0 Å². The molecular weight excluding hydrogens is 268 g/mol. The fraction of sp³-hybridized carbons (Fsp3) is 0.267. The highest BCUT2D eigenvalue weighted by Gasteiger charge is 2.22. The number of benzene rings is 1. The maximum absolute atomic E-state index is 11.8. The summed E-state index contributed by atoms with van der Waals surface area (Å²) in [4.78, 5) is 16.1. The van der Waals surface area contributed by atoms with Crippen LogP contribution in [0.25, 0.3) is 0 Å². The Morgan fingerprint density at radius 2 is 2.24 bits per heavy atom. The van der Waals surface area contributed by atoms with E-state index in [9.17, 15) is 10.1 Å². The van der Waals surface area contributed by atoms with Gasteiger partial charge in [-0.15, -0.1) is 0 Å². The van der Waals surface area contributed by atoms with Gasteiger partial charge in [0.2, 0.25) is 0 Å². The van der Waals surface area contributed by atoms with Crippen LogP contribution in [0.2, 0.25) is 0 Å². The van der Waals surface area contributed by atoms with Gasteiger partial charge in [-0.25, -0.2) is 9.78 Å². The number of carbonyl (C=O) groups is 1. The lowest BCUT2D eigenvalue weighted by Crippen LogP contribution is -2.15. The van der Waals surface area contributed by atoms with E-state index in [1.807, 2.05) is 34.9 Å². The van der Waals surface area contributed by atoms with Crippen molar-refractivity contribution >= 4 is 11.9 Å². The fourth-order valence-corrected chi connectivity index (χ4v) is 2.38. The molecule has 0 saturated heterocycles. The molecule has 1 aliphatic heterocycles. The third-order valence-corrected chi connectivity index (χ3v) is 3.37. The Kier molecular flexibility index (Phi) is 3.56. The van der Waals surface area contributed by atoms with Gasteiger partial charge in [0.25, 0.3) is 0 Å². The SMILES string of the molecule is N#Cc1c(NC(=O)OCc2ccccc2)nc2n1CCC2. The molecule has 1 aliphatic rings. The van der Waals surface area contributed by atoms with Crippen LogP contribution in [0.3, 0.4) is 0 Å². The van der Waals surface area contributed by atoms with Gasteiger partial charge < -0.3 is 9.30 Å². The predicted molar refractivity (Wildman–Crippen MR) is 75.5 cm³/mol. The summed E-state index contributed by atoms with van der Waals surface area (Å²) in [6, 6.07) is 11.5. The number of nitriles is 1. The van der Waals surface area contributed by atoms with Crippen LogP contribution >= 0.6 is 0 Å². The molecule has 0 atom stereocenters. The van der Waals surface area contributed by atoms with Crippen molar-refractivity contribution in [1.29, 1.82) is 5.26 Å². The zero-order valence-corrected chi connectivity index (χ0v) is 11.4. The molecule has 1 aromatic carbocycles. The lowest BCUT2D eigenvalue weighted by atomic mass is 10.2. The van der Waals surface area contributed by atoms with Crippen LogP contribution in [0.4, 0.5) is 10.6 Å². The summed E-state index contributed by atoms with van der Waals surface area (Å²) in [5, 5.41) is 11.7. The Morgan fingerprint density at radius 3 is 3.00 bits per heavy atom. The smallest absolute Gasteiger partial charge is 0.413 e. The van der Waals surface area contributed by atoms with Gasteiger partial charge >= 0.3 is 6.09 Å². The molecule has 1 amide bonds. The Balaban J connectivity index is 1.64. The first kappa shape index (κ1) is 13.2. The molecular formula is C15H14N4O2. The third-order valence-electron chi connectivity index (χ3n) is 3.37. The Bertz CT molecular complexity index is 700. The summed E-state index contributed by atoms with van der Waals surface area (Å²) in [6.07, 6.45) is 1.21. The number of hydrogen-bond acceptors (Lipinski definition) is 4. The second-order valence-corrected chi connectivity index (χ2v) is 4.78. The van der Waals surface area contributed by atoms with Crippen molar-refractivity contribution in [3.05, 3.63) is 47.4 Å². The van der Waals surface area contributed by atoms with E-state index in [-0.39, 0.29) is 12.4 Å². The molecule has 0 saturated carbocycles. The van der Waals surface area contributed by atoms with E-state index < -0.39 is 6.09 Å². The molecule has 0 radical (unpaired) electrons. The molecule has 0 aliphatic carbocycles. The number of amides is 1. The Labute approximate surface area is 122 Å². The van der Waals surface area contributed by atoms with E-state index in [1.165, 1.54) is 0 Å². The second-order valence-electron chi connectivity index (χ2n) is 4.78. The molecule has 106 valence electrons. The number of nitrogens with zero attached hydrogens (tertiary/aromatic N) is 3. The van der Waals surface area contributed by atoms with Crippen molar-refractivity contribution in [2.45, 2.75) is 26.0 Å². The number of hydrogen-bond donors (Lipinski definition) is 1. The summed E-state index contributed by atoms with van der Waals surface area (Å²) < 4.78 is 6.96. The maximum atomic E-state index is 11.8. The van der Waals surface area contributed by atoms with E-state index in [4.69, 9.17) is 4.74 Å². The lowest BCUT2D eigenvalue weighted by Gasteiger charge is -2.06. The predicted octanol–water partition coefficient (Wildman–Crippen LogP) is 2.45. The molecule has 0 bridgehead atoms. The maximum Gasteiger partial charge on any atom is 0.413 e. The number of ether oxygens (including phenoxy) is 1. The van der Waals surface area contributed by atoms with Gasteiger partial charge in [-0.3, -0.25) is 5.32 Å². The number of aromatic nitrogens is 2. The van der Waals surface area contributed by atoms with Gasteiger partial charge in [-0.05, 0) is 12.0 Å². The molecule has 2 aromatic rings. The van der Waals surface area contributed by atoms with Crippen molar-refractivity contribution in [3.8, 4) is 6.07 Å². The van der Waals surface area contributed by atoms with E-state index in [0.717, 1.165) is 30.8 Å². The van der Waals surface area contributed by atoms with Crippen molar-refractivity contribution in [1.82, 2.24) is 9.55 Å². The molecule has 21 heavy (non-hydrogen) atoms. The minimum absolute atomic E-state index is 0.183. The standard InChI is InChI=1S/C15H14N4O2/c16-9-12-14(17-13-7-4-8-19(12)13)18-15(20)21-10-11-5-2-1-3-6-11/h1-3,5-6H,4,7-8,10H2,(H,18,20). The molecule has 6 heteroatoms. The number of anilines is 1. The van der Waals surface area contributed by atoms with Crippen LogP contribution in [0, 0.1) is 11.3 Å². The average molecular weight is 282 g/mol. The molecule has 1 aromatic heterocycles. The first-order valence-corrected chi connectivity index (χ1v) is 6.75. The molecule has 0 unspecified atom stereocenters. The van der Waals surface area contributed by atoms with E-state index in [1.54, 1.807) is 0 Å². The topological polar surface area (TPSA) is 79.9 Å². The highest BCUT2D eigenvalue weighted by Crippen LogP contribution is 2.23. The number of fused-ring (bicyclic) bond motifs is 1. The highest BCUT2D eigenvalue weighted by atomic mass is 16.5. The summed E-state index contributed by atoms with van der Waals surface area (Å²) in [5.74, 6) is 1.12. The first-order valence-electron chi connectivity index (χ1n) is 6.75. The number of aryl methyl sites for hydroxylation is 1. The monoisotopic (exact) mass is 282 g/mol. The lowest BCUT2D eigenvalue weighted by molar-refractivity contribution is 0.155. The van der Waals surface area contributed by atoms with Crippen molar-refractivity contribution in [2.75, 3.05) is 5.32 Å². The number of imidazole rings is 1. The fourth-order valence-electron chi connectivity index (χ4n) is 2.38. The Hall–Kier alpha value is -2.81. The molecule has 6 nitrogen and oxygen atoms in total. The highest BCUT2D eigenvalue weighted by molar-refractivity contribution is 5.84. The molecule has 0 fully saturated rings. The normalized spacial score (nSPS) is 12.5. The van der Waals surface area contributed by atoms with E-state index in [0.29, 0.717) is 5.69 Å². The van der Waals surface area contributed by atoms with Crippen LogP contribution < -0.4 is 5.32 Å². The minimum atomic E-state index is -0.605. The number of rotatable bonds is 3. The van der Waals surface area contributed by atoms with Crippen LogP contribution in [-0.4, -0.2) is 15.6 Å². The minimum Gasteiger partial charge on any atom is -0.444 e. The number of carbonyl (C=O) groups excluding carboxylic acids is 1. The van der Waals surface area contributed by atoms with Gasteiger partial charge in [0.15, 0.2) is 11.5 Å². The summed E-state index contributed by atoms with van der Waals surface area (Å²) in [6.45, 7) is 0.952. The third kappa shape index (κ3) is 2.72. The van der Waals surface area contributed by atoms with Crippen LogP contribution in [0.1, 0.15) is 23.5 Å². The molecule has 0 spiro atoms. The molecule has 1 N–H and O–H groups in total. The van der Waals surface area contributed by atoms with Gasteiger partial charge in [0.05, 0.1) is 0 Å². The summed E-state index contributed by atoms with van der Waals surface area (Å²) in [7, 11) is 0. The number of nitrogens with one attached hydrogen (secondary N) is 1.